The second-order valence-corrected chi connectivity index (χ2v) is 7.78. The third kappa shape index (κ3) is 4.45. The molecule has 0 bridgehead atoms. The number of benzene rings is 3. The van der Waals surface area contributed by atoms with Gasteiger partial charge in [-0.1, -0.05) is 49.1 Å². The van der Waals surface area contributed by atoms with Crippen molar-refractivity contribution in [2.45, 2.75) is 13.2 Å². The highest BCUT2D eigenvalue weighted by Crippen LogP contribution is 2.35. The lowest BCUT2D eigenvalue weighted by molar-refractivity contribution is -0.226. The van der Waals surface area contributed by atoms with Crippen LogP contribution in [-0.4, -0.2) is 25.7 Å². The molecule has 0 saturated carbocycles. The van der Waals surface area contributed by atoms with E-state index in [1.54, 1.807) is 25.1 Å². The zero-order valence-electron chi connectivity index (χ0n) is 17.3. The van der Waals surface area contributed by atoms with Gasteiger partial charge in [0.15, 0.2) is 6.29 Å². The first kappa shape index (κ1) is 21.0. The Bertz CT molecular complexity index is 1090. The SMILES string of the molecule is C=CCOc1ccc(NC(=O)C2(C)COC(c3ccc(F)cc3)OC2)c2ccccc12. The molecule has 0 atom stereocenters. The molecule has 3 aromatic rings. The quantitative estimate of drug-likeness (QED) is 0.554. The minimum atomic E-state index is -0.865. The molecule has 0 radical (unpaired) electrons. The number of anilines is 1. The summed E-state index contributed by atoms with van der Waals surface area (Å²) in [4.78, 5) is 13.1. The summed E-state index contributed by atoms with van der Waals surface area (Å²) in [7, 11) is 0. The largest absolute Gasteiger partial charge is 0.489 e. The number of halogens is 1. The maximum atomic E-state index is 13.1. The molecule has 0 unspecified atom stereocenters. The molecular formula is C25H24FNO4. The molecule has 3 aromatic carbocycles. The lowest BCUT2D eigenvalue weighted by Gasteiger charge is -2.36. The smallest absolute Gasteiger partial charge is 0.235 e. The summed E-state index contributed by atoms with van der Waals surface area (Å²) in [5.74, 6) is 0.207. The lowest BCUT2D eigenvalue weighted by atomic mass is 9.90. The average Bonchev–Trinajstić information content (AvgIpc) is 2.79. The number of carbonyl (C=O) groups is 1. The van der Waals surface area contributed by atoms with Gasteiger partial charge in [-0.05, 0) is 31.2 Å². The number of rotatable bonds is 6. The fraction of sp³-hybridized carbons (Fsp3) is 0.240. The highest BCUT2D eigenvalue weighted by molar-refractivity contribution is 6.05. The van der Waals surface area contributed by atoms with Gasteiger partial charge in [-0.25, -0.2) is 4.39 Å². The van der Waals surface area contributed by atoms with E-state index in [-0.39, 0.29) is 24.9 Å². The highest BCUT2D eigenvalue weighted by Gasteiger charge is 2.40. The monoisotopic (exact) mass is 421 g/mol. The van der Waals surface area contributed by atoms with E-state index in [9.17, 15) is 9.18 Å². The molecule has 0 aromatic heterocycles. The van der Waals surface area contributed by atoms with Gasteiger partial charge in [-0.3, -0.25) is 4.79 Å². The van der Waals surface area contributed by atoms with E-state index in [1.807, 2.05) is 36.4 Å². The predicted molar refractivity (Wildman–Crippen MR) is 117 cm³/mol. The van der Waals surface area contributed by atoms with Crippen LogP contribution in [-0.2, 0) is 14.3 Å². The summed E-state index contributed by atoms with van der Waals surface area (Å²) in [6.07, 6.45) is 1.07. The van der Waals surface area contributed by atoms with Crippen molar-refractivity contribution in [1.29, 1.82) is 0 Å². The van der Waals surface area contributed by atoms with Gasteiger partial charge >= 0.3 is 0 Å². The van der Waals surface area contributed by atoms with Crippen LogP contribution < -0.4 is 10.1 Å². The van der Waals surface area contributed by atoms with E-state index in [0.29, 0.717) is 17.9 Å². The molecule has 31 heavy (non-hydrogen) atoms. The number of amides is 1. The maximum absolute atomic E-state index is 13.1. The third-order valence-corrected chi connectivity index (χ3v) is 5.29. The summed E-state index contributed by atoms with van der Waals surface area (Å²) in [6.45, 7) is 6.24. The molecule has 160 valence electrons. The van der Waals surface area contributed by atoms with Gasteiger partial charge in [0.2, 0.25) is 5.91 Å². The third-order valence-electron chi connectivity index (χ3n) is 5.29. The first-order valence-electron chi connectivity index (χ1n) is 10.1. The van der Waals surface area contributed by atoms with Gasteiger partial charge in [0, 0.05) is 22.0 Å². The van der Waals surface area contributed by atoms with Crippen molar-refractivity contribution in [3.05, 3.63) is 84.7 Å². The molecule has 1 fully saturated rings. The highest BCUT2D eigenvalue weighted by atomic mass is 19.1. The van der Waals surface area contributed by atoms with E-state index in [1.165, 1.54) is 12.1 Å². The molecule has 5 nitrogen and oxygen atoms in total. The Morgan fingerprint density at radius 3 is 2.48 bits per heavy atom. The molecule has 0 aliphatic carbocycles. The molecular weight excluding hydrogens is 397 g/mol. The van der Waals surface area contributed by atoms with Gasteiger partial charge in [0.25, 0.3) is 0 Å². The average molecular weight is 421 g/mol. The Balaban J connectivity index is 1.49. The van der Waals surface area contributed by atoms with E-state index < -0.39 is 11.7 Å². The summed E-state index contributed by atoms with van der Waals surface area (Å²) < 4.78 is 30.5. The Morgan fingerprint density at radius 1 is 1.13 bits per heavy atom. The van der Waals surface area contributed by atoms with Crippen LogP contribution in [0.25, 0.3) is 10.8 Å². The number of ether oxygens (including phenoxy) is 3. The van der Waals surface area contributed by atoms with Gasteiger partial charge in [-0.2, -0.15) is 0 Å². The first-order chi connectivity index (χ1) is 15.0. The van der Waals surface area contributed by atoms with Crippen molar-refractivity contribution >= 4 is 22.4 Å². The fourth-order valence-corrected chi connectivity index (χ4v) is 3.48. The van der Waals surface area contributed by atoms with Crippen molar-refractivity contribution in [3.63, 3.8) is 0 Å². The van der Waals surface area contributed by atoms with E-state index in [2.05, 4.69) is 11.9 Å². The zero-order chi connectivity index (χ0) is 21.8. The first-order valence-corrected chi connectivity index (χ1v) is 10.1. The molecule has 1 aliphatic rings. The standard InChI is InChI=1S/C25H24FNO4/c1-3-14-29-22-13-12-21(19-6-4-5-7-20(19)22)27-24(28)25(2)15-30-23(31-16-25)17-8-10-18(26)11-9-17/h3-13,23H,1,14-16H2,2H3,(H,27,28). The van der Waals surface area contributed by atoms with Crippen LogP contribution in [0.15, 0.2) is 73.3 Å². The van der Waals surface area contributed by atoms with Crippen LogP contribution in [0.1, 0.15) is 18.8 Å². The molecule has 1 heterocycles. The van der Waals surface area contributed by atoms with Gasteiger partial charge < -0.3 is 19.5 Å². The Hall–Kier alpha value is -3.22. The van der Waals surface area contributed by atoms with Gasteiger partial charge in [-0.15, -0.1) is 0 Å². The van der Waals surface area contributed by atoms with E-state index >= 15 is 0 Å². The van der Waals surface area contributed by atoms with Gasteiger partial charge in [0.05, 0.1) is 18.6 Å². The second-order valence-electron chi connectivity index (χ2n) is 7.78. The summed E-state index contributed by atoms with van der Waals surface area (Å²) in [6, 6.07) is 17.3. The van der Waals surface area contributed by atoms with Crippen LogP contribution in [0.2, 0.25) is 0 Å². The topological polar surface area (TPSA) is 56.8 Å². The number of fused-ring (bicyclic) bond motifs is 1. The summed E-state index contributed by atoms with van der Waals surface area (Å²) in [5, 5.41) is 4.80. The number of hydrogen-bond donors (Lipinski definition) is 1. The van der Waals surface area contributed by atoms with Crippen molar-refractivity contribution in [2.24, 2.45) is 5.41 Å². The van der Waals surface area contributed by atoms with Crippen LogP contribution in [0.3, 0.4) is 0 Å². The molecule has 0 spiro atoms. The fourth-order valence-electron chi connectivity index (χ4n) is 3.48. The number of nitrogens with one attached hydrogen (secondary N) is 1. The normalized spacial score (nSPS) is 20.9. The molecule has 4 rings (SSSR count). The maximum Gasteiger partial charge on any atom is 0.235 e. The van der Waals surface area contributed by atoms with Crippen molar-refractivity contribution in [3.8, 4) is 5.75 Å². The van der Waals surface area contributed by atoms with Crippen LogP contribution in [0, 0.1) is 11.2 Å². The Labute approximate surface area is 180 Å². The molecule has 1 N–H and O–H groups in total. The number of hydrogen-bond acceptors (Lipinski definition) is 4. The van der Waals surface area contributed by atoms with Crippen LogP contribution in [0.5, 0.6) is 5.75 Å². The molecule has 1 saturated heterocycles. The van der Waals surface area contributed by atoms with Crippen molar-refractivity contribution in [2.75, 3.05) is 25.1 Å². The van der Waals surface area contributed by atoms with Crippen LogP contribution in [0.4, 0.5) is 10.1 Å². The summed E-state index contributed by atoms with van der Waals surface area (Å²) >= 11 is 0. The van der Waals surface area contributed by atoms with Crippen molar-refractivity contribution < 1.29 is 23.4 Å². The minimum absolute atomic E-state index is 0.180. The van der Waals surface area contributed by atoms with E-state index in [4.69, 9.17) is 14.2 Å². The minimum Gasteiger partial charge on any atom is -0.489 e. The predicted octanol–water partition coefficient (Wildman–Crippen LogP) is 5.23. The molecule has 1 amide bonds. The van der Waals surface area contributed by atoms with Crippen molar-refractivity contribution in [1.82, 2.24) is 0 Å². The summed E-state index contributed by atoms with van der Waals surface area (Å²) in [5.41, 5.74) is 0.536. The molecule has 1 aliphatic heterocycles. The Morgan fingerprint density at radius 2 is 1.81 bits per heavy atom. The second kappa shape index (κ2) is 8.88. The Kier molecular flexibility index (Phi) is 6.02. The zero-order valence-corrected chi connectivity index (χ0v) is 17.3. The van der Waals surface area contributed by atoms with Crippen LogP contribution >= 0.6 is 0 Å². The molecule has 6 heteroatoms. The van der Waals surface area contributed by atoms with E-state index in [0.717, 1.165) is 16.5 Å². The van der Waals surface area contributed by atoms with Gasteiger partial charge in [0.1, 0.15) is 18.2 Å². The lowest BCUT2D eigenvalue weighted by Crippen LogP contribution is -2.45. The number of carbonyl (C=O) groups excluding carboxylic acids is 1.